The number of rotatable bonds is 8. The lowest BCUT2D eigenvalue weighted by Gasteiger charge is -2.39. The first-order valence-electron chi connectivity index (χ1n) is 5.22. The lowest BCUT2D eigenvalue weighted by molar-refractivity contribution is -0.222. The van der Waals surface area contributed by atoms with Crippen molar-refractivity contribution >= 4 is 17.9 Å². The van der Waals surface area contributed by atoms with Gasteiger partial charge in [-0.2, -0.15) is 0 Å². The summed E-state index contributed by atoms with van der Waals surface area (Å²) in [7, 11) is 0. The lowest BCUT2D eigenvalue weighted by atomic mass is 9.78. The molecule has 0 aliphatic heterocycles. The number of carbonyl (C=O) groups is 3. The third-order valence-corrected chi connectivity index (χ3v) is 2.67. The van der Waals surface area contributed by atoms with Gasteiger partial charge in [-0.1, -0.05) is 6.92 Å². The van der Waals surface area contributed by atoms with Crippen LogP contribution in [0.25, 0.3) is 0 Å². The highest BCUT2D eigenvalue weighted by atomic mass is 16.5. The Morgan fingerprint density at radius 3 is 1.74 bits per heavy atom. The van der Waals surface area contributed by atoms with Crippen LogP contribution >= 0.6 is 0 Å². The molecule has 2 unspecified atom stereocenters. The van der Waals surface area contributed by atoms with Crippen molar-refractivity contribution in [1.29, 1.82) is 0 Å². The summed E-state index contributed by atoms with van der Waals surface area (Å²) < 4.78 is 4.81. The zero-order chi connectivity index (χ0) is 14.6. The van der Waals surface area contributed by atoms with Gasteiger partial charge in [0.05, 0.1) is 6.42 Å². The minimum Gasteiger partial charge on any atom is -0.481 e. The van der Waals surface area contributed by atoms with E-state index in [1.807, 2.05) is 0 Å². The molecule has 9 heteroatoms. The molecule has 0 amide bonds. The second kappa shape index (κ2) is 7.02. The Kier molecular flexibility index (Phi) is 7.25. The van der Waals surface area contributed by atoms with Gasteiger partial charge in [-0.05, 0) is 13.3 Å². The molecule has 0 bridgehead atoms. The molecule has 0 aromatic carbocycles. The molecule has 19 heavy (non-hydrogen) atoms. The van der Waals surface area contributed by atoms with Gasteiger partial charge in [0.1, 0.15) is 0 Å². The van der Waals surface area contributed by atoms with Crippen LogP contribution in [0.3, 0.4) is 0 Å². The van der Waals surface area contributed by atoms with Crippen molar-refractivity contribution in [2.45, 2.75) is 37.9 Å². The zero-order valence-electron chi connectivity index (χ0n) is 10.8. The molecular formula is C10H19NO8. The van der Waals surface area contributed by atoms with Gasteiger partial charge in [-0.3, -0.25) is 4.79 Å². The van der Waals surface area contributed by atoms with Crippen LogP contribution in [0.5, 0.6) is 0 Å². The van der Waals surface area contributed by atoms with E-state index in [2.05, 4.69) is 0 Å². The third kappa shape index (κ3) is 3.40. The average molecular weight is 281 g/mol. The molecule has 0 fully saturated rings. The van der Waals surface area contributed by atoms with Crippen molar-refractivity contribution in [1.82, 2.24) is 6.15 Å². The molecule has 7 N–H and O–H groups in total. The number of hydrogen-bond acceptors (Lipinski definition) is 6. The van der Waals surface area contributed by atoms with Crippen molar-refractivity contribution in [3.63, 3.8) is 0 Å². The van der Waals surface area contributed by atoms with Gasteiger partial charge >= 0.3 is 17.9 Å². The molecule has 9 nitrogen and oxygen atoms in total. The highest BCUT2D eigenvalue weighted by Crippen LogP contribution is 2.34. The summed E-state index contributed by atoms with van der Waals surface area (Å²) in [5.41, 5.74) is -5.55. The van der Waals surface area contributed by atoms with Crippen LogP contribution in [0, 0.1) is 0 Å². The topological polar surface area (TPSA) is 176 Å². The van der Waals surface area contributed by atoms with Crippen LogP contribution in [0.15, 0.2) is 0 Å². The monoisotopic (exact) mass is 281 g/mol. The van der Waals surface area contributed by atoms with Gasteiger partial charge in [0.25, 0.3) is 0 Å². The summed E-state index contributed by atoms with van der Waals surface area (Å²) in [5, 5.41) is 36.8. The molecule has 0 heterocycles. The molecule has 0 spiro atoms. The predicted octanol–water partition coefficient (Wildman–Crippen LogP) is -0.291. The second-order valence-corrected chi connectivity index (χ2v) is 3.65. The van der Waals surface area contributed by atoms with Gasteiger partial charge in [0.15, 0.2) is 0 Å². The Morgan fingerprint density at radius 1 is 1.05 bits per heavy atom. The van der Waals surface area contributed by atoms with Crippen molar-refractivity contribution < 1.29 is 39.5 Å². The number of aliphatic hydroxyl groups is 1. The lowest BCUT2D eigenvalue weighted by Crippen LogP contribution is -2.65. The Hall–Kier alpha value is -1.71. The molecule has 0 rings (SSSR count). The number of carboxylic acid groups (broad SMARTS) is 3. The quantitative estimate of drug-likeness (QED) is 0.400. The Morgan fingerprint density at radius 2 is 1.53 bits per heavy atom. The van der Waals surface area contributed by atoms with Crippen molar-refractivity contribution in [2.75, 3.05) is 6.61 Å². The molecule has 0 aromatic rings. The minimum absolute atomic E-state index is 0. The maximum Gasteiger partial charge on any atom is 0.340 e. The Labute approximate surface area is 109 Å². The standard InChI is InChI=1S/C10H16O8.H3N/c1-3-9(17,7(13)14)10(8(15)16,18-4-2)5-6(11)12;/h17H,3-5H2,1-2H3,(H,11,12)(H,13,14)(H,15,16);1H3. The van der Waals surface area contributed by atoms with E-state index in [-0.39, 0.29) is 12.8 Å². The van der Waals surface area contributed by atoms with Crippen LogP contribution in [0.4, 0.5) is 0 Å². The molecule has 0 aromatic heterocycles. The summed E-state index contributed by atoms with van der Waals surface area (Å²) >= 11 is 0. The number of aliphatic carboxylic acids is 3. The van der Waals surface area contributed by atoms with Crippen molar-refractivity contribution in [3.8, 4) is 0 Å². The molecule has 112 valence electrons. The minimum atomic E-state index is -2.83. The predicted molar refractivity (Wildman–Crippen MR) is 62.1 cm³/mol. The SMILES string of the molecule is CCOC(CC(=O)O)(C(=O)O)C(O)(CC)C(=O)O.N. The maximum absolute atomic E-state index is 11.2. The van der Waals surface area contributed by atoms with Gasteiger partial charge < -0.3 is 31.3 Å². The summed E-state index contributed by atoms with van der Waals surface area (Å²) in [4.78, 5) is 33.1. The fourth-order valence-electron chi connectivity index (χ4n) is 1.70. The second-order valence-electron chi connectivity index (χ2n) is 3.65. The van der Waals surface area contributed by atoms with E-state index in [0.29, 0.717) is 0 Å². The largest absolute Gasteiger partial charge is 0.481 e. The first-order valence-corrected chi connectivity index (χ1v) is 5.22. The van der Waals surface area contributed by atoms with Crippen LogP contribution < -0.4 is 6.15 Å². The summed E-state index contributed by atoms with van der Waals surface area (Å²) in [6.07, 6.45) is -1.67. The molecular weight excluding hydrogens is 262 g/mol. The average Bonchev–Trinajstić information content (AvgIpc) is 2.25. The Balaban J connectivity index is 0. The normalized spacial score (nSPS) is 16.6. The van der Waals surface area contributed by atoms with E-state index < -0.39 is 42.0 Å². The molecule has 0 aliphatic rings. The summed E-state index contributed by atoms with van der Waals surface area (Å²) in [6, 6.07) is 0. The number of hydrogen-bond donors (Lipinski definition) is 5. The van der Waals surface area contributed by atoms with Crippen molar-refractivity contribution in [2.24, 2.45) is 0 Å². The summed E-state index contributed by atoms with van der Waals surface area (Å²) in [6.45, 7) is 2.35. The first kappa shape index (κ1) is 19.6. The third-order valence-electron chi connectivity index (χ3n) is 2.67. The van der Waals surface area contributed by atoms with E-state index in [9.17, 15) is 19.5 Å². The van der Waals surface area contributed by atoms with Gasteiger partial charge in [-0.15, -0.1) is 0 Å². The van der Waals surface area contributed by atoms with E-state index >= 15 is 0 Å². The maximum atomic E-state index is 11.2. The van der Waals surface area contributed by atoms with Gasteiger partial charge in [0, 0.05) is 6.61 Å². The number of carboxylic acids is 3. The van der Waals surface area contributed by atoms with Crippen LogP contribution in [-0.4, -0.2) is 56.1 Å². The number of ether oxygens (including phenoxy) is 1. The molecule has 2 atom stereocenters. The fraction of sp³-hybridized carbons (Fsp3) is 0.700. The highest BCUT2D eigenvalue weighted by molar-refractivity contribution is 5.94. The van der Waals surface area contributed by atoms with Gasteiger partial charge in [0.2, 0.25) is 11.2 Å². The van der Waals surface area contributed by atoms with Crippen molar-refractivity contribution in [3.05, 3.63) is 0 Å². The smallest absolute Gasteiger partial charge is 0.340 e. The van der Waals surface area contributed by atoms with Crippen LogP contribution in [-0.2, 0) is 19.1 Å². The van der Waals surface area contributed by atoms with E-state index in [1.165, 1.54) is 13.8 Å². The zero-order valence-corrected chi connectivity index (χ0v) is 10.8. The molecule has 0 saturated carbocycles. The Bertz CT molecular complexity index is 357. The molecule has 0 aliphatic carbocycles. The highest BCUT2D eigenvalue weighted by Gasteiger charge is 2.62. The molecule has 0 saturated heterocycles. The van der Waals surface area contributed by atoms with E-state index in [0.717, 1.165) is 0 Å². The van der Waals surface area contributed by atoms with E-state index in [4.69, 9.17) is 20.1 Å². The molecule has 0 radical (unpaired) electrons. The fourth-order valence-corrected chi connectivity index (χ4v) is 1.70. The van der Waals surface area contributed by atoms with Crippen LogP contribution in [0.2, 0.25) is 0 Å². The first-order chi connectivity index (χ1) is 8.17. The summed E-state index contributed by atoms with van der Waals surface area (Å²) in [5.74, 6) is -5.26. The van der Waals surface area contributed by atoms with Crippen LogP contribution in [0.1, 0.15) is 26.7 Å². The van der Waals surface area contributed by atoms with E-state index in [1.54, 1.807) is 0 Å². The van der Waals surface area contributed by atoms with Gasteiger partial charge in [-0.25, -0.2) is 9.59 Å².